The summed E-state index contributed by atoms with van der Waals surface area (Å²) in [5.41, 5.74) is -2.39. The van der Waals surface area contributed by atoms with E-state index in [1.165, 1.54) is 0 Å². The van der Waals surface area contributed by atoms with Crippen LogP contribution in [0.4, 0.5) is 11.4 Å². The molecule has 30 heavy (non-hydrogen) atoms. The van der Waals surface area contributed by atoms with Crippen LogP contribution < -0.4 is 10.6 Å². The number of Topliss-reactive ketones (excluding diaryl/α,β-unsaturated/α-hetero) is 1. The van der Waals surface area contributed by atoms with Crippen molar-refractivity contribution in [1.82, 2.24) is 0 Å². The lowest BCUT2D eigenvalue weighted by Crippen LogP contribution is -2.52. The first-order chi connectivity index (χ1) is 14.4. The summed E-state index contributed by atoms with van der Waals surface area (Å²) >= 11 is 0. The van der Waals surface area contributed by atoms with Gasteiger partial charge in [0.05, 0.1) is 11.8 Å². The summed E-state index contributed by atoms with van der Waals surface area (Å²) in [4.78, 5) is 39.4. The Labute approximate surface area is 173 Å². The van der Waals surface area contributed by atoms with E-state index in [2.05, 4.69) is 10.6 Å². The Hall–Kier alpha value is -3.03. The largest absolute Gasteiger partial charge is 0.375 e. The fraction of sp³-hybridized carbons (Fsp3) is 0.348. The average Bonchev–Trinajstić information content (AvgIpc) is 3.04. The normalized spacial score (nSPS) is 32.8. The molecule has 2 heterocycles. The highest BCUT2D eigenvalue weighted by Gasteiger charge is 2.60. The van der Waals surface area contributed by atoms with Gasteiger partial charge in [0, 0.05) is 22.5 Å². The first kappa shape index (κ1) is 19.0. The average molecular weight is 406 g/mol. The second kappa shape index (κ2) is 6.48. The van der Waals surface area contributed by atoms with Crippen LogP contribution in [-0.2, 0) is 25.6 Å². The zero-order valence-electron chi connectivity index (χ0n) is 16.2. The second-order valence-corrected chi connectivity index (χ2v) is 8.32. The van der Waals surface area contributed by atoms with Gasteiger partial charge in [0.2, 0.25) is 0 Å². The van der Waals surface area contributed by atoms with E-state index in [0.29, 0.717) is 48.2 Å². The molecular formula is C23H22N2O5. The molecule has 1 fully saturated rings. The molecular weight excluding hydrogens is 384 g/mol. The Kier molecular flexibility index (Phi) is 4.10. The van der Waals surface area contributed by atoms with Crippen LogP contribution in [0.25, 0.3) is 0 Å². The molecule has 5 rings (SSSR count). The van der Waals surface area contributed by atoms with Gasteiger partial charge in [-0.3, -0.25) is 14.4 Å². The number of fused-ring (bicyclic) bond motifs is 2. The molecule has 0 radical (unpaired) electrons. The van der Waals surface area contributed by atoms with Gasteiger partial charge in [-0.05, 0) is 25.0 Å². The third-order valence-electron chi connectivity index (χ3n) is 6.80. The molecule has 2 aromatic carbocycles. The van der Waals surface area contributed by atoms with Crippen molar-refractivity contribution in [3.05, 3.63) is 59.7 Å². The molecule has 2 aromatic rings. The predicted octanol–water partition coefficient (Wildman–Crippen LogP) is 2.04. The van der Waals surface area contributed by atoms with Crippen molar-refractivity contribution in [2.24, 2.45) is 11.8 Å². The van der Waals surface area contributed by atoms with E-state index in [4.69, 9.17) is 0 Å². The Morgan fingerprint density at radius 2 is 1.10 bits per heavy atom. The quantitative estimate of drug-likeness (QED) is 0.570. The number of amides is 2. The highest BCUT2D eigenvalue weighted by Crippen LogP contribution is 2.50. The van der Waals surface area contributed by atoms with Crippen molar-refractivity contribution in [3.63, 3.8) is 0 Å². The fourth-order valence-corrected chi connectivity index (χ4v) is 5.27. The lowest BCUT2D eigenvalue weighted by atomic mass is 9.70. The van der Waals surface area contributed by atoms with E-state index < -0.39 is 40.6 Å². The number of hydrogen-bond donors (Lipinski definition) is 4. The molecule has 1 aliphatic carbocycles. The number of nitrogens with one attached hydrogen (secondary N) is 2. The maximum absolute atomic E-state index is 13.8. The molecule has 4 atom stereocenters. The van der Waals surface area contributed by atoms with E-state index in [1.54, 1.807) is 48.5 Å². The first-order valence-electron chi connectivity index (χ1n) is 10.2. The standard InChI is InChI=1S/C23H22N2O5/c26-19-15(22(29)13-7-3-5-11-17(13)24-20(22)27)9-1-2-10-16(19)23(30)14-8-4-6-12-18(14)25-21(23)28/h3-8,11-12,15-16,29-30H,1-2,9-10H2,(H,24,27)(H,25,28)/t15-,16-,22-,23+/m0/s1. The van der Waals surface area contributed by atoms with Crippen LogP contribution >= 0.6 is 0 Å². The Morgan fingerprint density at radius 3 is 1.53 bits per heavy atom. The molecule has 3 aliphatic rings. The molecule has 1 saturated carbocycles. The summed E-state index contributed by atoms with van der Waals surface area (Å²) < 4.78 is 0. The molecule has 2 aliphatic heterocycles. The lowest BCUT2D eigenvalue weighted by molar-refractivity contribution is -0.159. The monoisotopic (exact) mass is 406 g/mol. The second-order valence-electron chi connectivity index (χ2n) is 8.32. The van der Waals surface area contributed by atoms with Gasteiger partial charge in [0.25, 0.3) is 11.8 Å². The van der Waals surface area contributed by atoms with E-state index in [1.807, 2.05) is 0 Å². The number of carbonyl (C=O) groups excluding carboxylic acids is 3. The fourth-order valence-electron chi connectivity index (χ4n) is 5.27. The van der Waals surface area contributed by atoms with Crippen LogP contribution in [0.3, 0.4) is 0 Å². The van der Waals surface area contributed by atoms with E-state index >= 15 is 0 Å². The van der Waals surface area contributed by atoms with Gasteiger partial charge in [-0.2, -0.15) is 0 Å². The molecule has 0 spiro atoms. The van der Waals surface area contributed by atoms with Crippen LogP contribution in [-0.4, -0.2) is 27.8 Å². The zero-order chi connectivity index (χ0) is 21.1. The number of ketones is 1. The number of benzene rings is 2. The smallest absolute Gasteiger partial charge is 0.261 e. The van der Waals surface area contributed by atoms with Crippen LogP contribution in [0.1, 0.15) is 36.8 Å². The van der Waals surface area contributed by atoms with Gasteiger partial charge in [-0.25, -0.2) is 0 Å². The van der Waals surface area contributed by atoms with Crippen molar-refractivity contribution < 1.29 is 24.6 Å². The van der Waals surface area contributed by atoms with Gasteiger partial charge in [0.15, 0.2) is 11.2 Å². The minimum atomic E-state index is -2.03. The van der Waals surface area contributed by atoms with Crippen LogP contribution in [0, 0.1) is 11.8 Å². The summed E-state index contributed by atoms with van der Waals surface area (Å²) in [6.45, 7) is 0. The summed E-state index contributed by atoms with van der Waals surface area (Å²) in [6, 6.07) is 13.5. The zero-order valence-corrected chi connectivity index (χ0v) is 16.2. The maximum atomic E-state index is 13.8. The molecule has 4 N–H and O–H groups in total. The van der Waals surface area contributed by atoms with Crippen LogP contribution in [0.15, 0.2) is 48.5 Å². The van der Waals surface area contributed by atoms with Gasteiger partial charge in [0.1, 0.15) is 5.78 Å². The van der Waals surface area contributed by atoms with E-state index in [0.717, 1.165) is 0 Å². The molecule has 2 amide bonds. The molecule has 0 unspecified atom stereocenters. The molecule has 7 heteroatoms. The van der Waals surface area contributed by atoms with Crippen LogP contribution in [0.2, 0.25) is 0 Å². The van der Waals surface area contributed by atoms with E-state index in [9.17, 15) is 24.6 Å². The van der Waals surface area contributed by atoms with Crippen molar-refractivity contribution in [1.29, 1.82) is 0 Å². The van der Waals surface area contributed by atoms with Gasteiger partial charge in [-0.15, -0.1) is 0 Å². The van der Waals surface area contributed by atoms with Gasteiger partial charge >= 0.3 is 0 Å². The third-order valence-corrected chi connectivity index (χ3v) is 6.80. The number of anilines is 2. The number of hydrogen-bond acceptors (Lipinski definition) is 5. The van der Waals surface area contributed by atoms with Crippen LogP contribution in [0.5, 0.6) is 0 Å². The van der Waals surface area contributed by atoms with Crippen molar-refractivity contribution in [2.45, 2.75) is 36.9 Å². The van der Waals surface area contributed by atoms with Crippen molar-refractivity contribution >= 4 is 29.0 Å². The Balaban J connectivity index is 1.60. The lowest BCUT2D eigenvalue weighted by Gasteiger charge is -2.35. The Bertz CT molecular complexity index is 999. The number of carbonyl (C=O) groups is 3. The molecule has 0 aromatic heterocycles. The van der Waals surface area contributed by atoms with Crippen molar-refractivity contribution in [2.75, 3.05) is 10.6 Å². The summed E-state index contributed by atoms with van der Waals surface area (Å²) in [5.74, 6) is -3.87. The summed E-state index contributed by atoms with van der Waals surface area (Å²) in [6.07, 6.45) is 1.80. The number of aliphatic hydroxyl groups is 2. The number of rotatable bonds is 2. The molecule has 154 valence electrons. The topological polar surface area (TPSA) is 116 Å². The molecule has 0 saturated heterocycles. The molecule has 0 bridgehead atoms. The minimum Gasteiger partial charge on any atom is -0.375 e. The SMILES string of the molecule is O=C1[C@@H]([C@@]2(O)C(=O)Nc3ccccc32)CCCC[C@@H]1[C@]1(O)C(=O)Nc2ccccc21. The highest BCUT2D eigenvalue weighted by atomic mass is 16.3. The maximum Gasteiger partial charge on any atom is 0.261 e. The van der Waals surface area contributed by atoms with Crippen molar-refractivity contribution in [3.8, 4) is 0 Å². The minimum absolute atomic E-state index is 0.299. The summed E-state index contributed by atoms with van der Waals surface area (Å²) in [5, 5.41) is 28.4. The highest BCUT2D eigenvalue weighted by molar-refractivity contribution is 6.11. The first-order valence-corrected chi connectivity index (χ1v) is 10.2. The number of para-hydroxylation sites is 2. The Morgan fingerprint density at radius 1 is 0.700 bits per heavy atom. The van der Waals surface area contributed by atoms with Gasteiger partial charge < -0.3 is 20.8 Å². The molecule has 7 nitrogen and oxygen atoms in total. The predicted molar refractivity (Wildman–Crippen MR) is 108 cm³/mol. The van der Waals surface area contributed by atoms with Gasteiger partial charge in [-0.1, -0.05) is 49.2 Å². The van der Waals surface area contributed by atoms with E-state index in [-0.39, 0.29) is 0 Å². The summed E-state index contributed by atoms with van der Waals surface area (Å²) in [7, 11) is 0. The third kappa shape index (κ3) is 2.36.